The van der Waals surface area contributed by atoms with E-state index >= 15 is 0 Å². The molecule has 7 heteroatoms. The molecule has 0 saturated carbocycles. The molecular weight excluding hydrogens is 330 g/mol. The summed E-state index contributed by atoms with van der Waals surface area (Å²) in [5, 5.41) is 9.64. The molecule has 1 heterocycles. The first-order chi connectivity index (χ1) is 12.6. The van der Waals surface area contributed by atoms with Gasteiger partial charge in [-0.1, -0.05) is 42.5 Å². The van der Waals surface area contributed by atoms with E-state index in [0.717, 1.165) is 11.1 Å². The maximum atomic E-state index is 12.8. The molecule has 0 aliphatic heterocycles. The number of anilines is 1. The summed E-state index contributed by atoms with van der Waals surface area (Å²) in [6.45, 7) is 0.361. The van der Waals surface area contributed by atoms with Crippen LogP contribution in [-0.4, -0.2) is 21.7 Å². The summed E-state index contributed by atoms with van der Waals surface area (Å²) in [5.41, 5.74) is 7.44. The van der Waals surface area contributed by atoms with Gasteiger partial charge in [-0.05, 0) is 29.3 Å². The minimum absolute atomic E-state index is 0.153. The summed E-state index contributed by atoms with van der Waals surface area (Å²) in [4.78, 5) is 23.6. The van der Waals surface area contributed by atoms with E-state index < -0.39 is 12.1 Å². The van der Waals surface area contributed by atoms with Crippen LogP contribution in [0.4, 0.5) is 10.5 Å². The third-order valence-corrected chi connectivity index (χ3v) is 3.84. The molecule has 132 valence electrons. The van der Waals surface area contributed by atoms with Gasteiger partial charge in [0.15, 0.2) is 6.04 Å². The van der Waals surface area contributed by atoms with E-state index in [0.29, 0.717) is 12.2 Å². The van der Waals surface area contributed by atoms with Gasteiger partial charge in [-0.25, -0.2) is 4.79 Å². The van der Waals surface area contributed by atoms with E-state index in [2.05, 4.69) is 15.7 Å². The topological polar surface area (TPSA) is 102 Å². The lowest BCUT2D eigenvalue weighted by atomic mass is 10.1. The Morgan fingerprint density at radius 3 is 2.38 bits per heavy atom. The lowest BCUT2D eigenvalue weighted by molar-refractivity contribution is -0.123. The van der Waals surface area contributed by atoms with Crippen LogP contribution in [-0.2, 0) is 11.3 Å². The van der Waals surface area contributed by atoms with E-state index in [1.807, 2.05) is 42.5 Å². The molecule has 1 aromatic heterocycles. The molecule has 2 aromatic carbocycles. The molecule has 3 aromatic rings. The molecule has 0 spiro atoms. The summed E-state index contributed by atoms with van der Waals surface area (Å²) in [5.74, 6) is -0.153. The van der Waals surface area contributed by atoms with Crippen LogP contribution in [0.2, 0.25) is 0 Å². The zero-order valence-electron chi connectivity index (χ0n) is 14.0. The second-order valence-corrected chi connectivity index (χ2v) is 5.70. The summed E-state index contributed by atoms with van der Waals surface area (Å²) >= 11 is 0. The van der Waals surface area contributed by atoms with Crippen LogP contribution in [0.25, 0.3) is 0 Å². The molecule has 7 nitrogen and oxygen atoms in total. The lowest BCUT2D eigenvalue weighted by Crippen LogP contribution is -2.33. The highest BCUT2D eigenvalue weighted by atomic mass is 16.2. The van der Waals surface area contributed by atoms with Crippen LogP contribution in [0.15, 0.2) is 73.1 Å². The van der Waals surface area contributed by atoms with Crippen molar-refractivity contribution in [3.8, 4) is 0 Å². The third kappa shape index (κ3) is 4.27. The molecule has 0 saturated heterocycles. The van der Waals surface area contributed by atoms with Crippen molar-refractivity contribution in [2.45, 2.75) is 12.6 Å². The van der Waals surface area contributed by atoms with E-state index in [1.54, 1.807) is 35.3 Å². The number of carbonyl (C=O) groups is 2. The molecule has 1 atom stereocenters. The Hall–Kier alpha value is -3.61. The van der Waals surface area contributed by atoms with Crippen molar-refractivity contribution in [1.82, 2.24) is 15.1 Å². The SMILES string of the molecule is NC(=O)Nc1ccc(CNC(=O)C(c2ccccc2)n2cccn2)cc1. The van der Waals surface area contributed by atoms with Gasteiger partial charge in [-0.15, -0.1) is 0 Å². The second kappa shape index (κ2) is 7.98. The molecule has 0 radical (unpaired) electrons. The molecule has 4 N–H and O–H groups in total. The highest BCUT2D eigenvalue weighted by Crippen LogP contribution is 2.18. The highest BCUT2D eigenvalue weighted by Gasteiger charge is 2.22. The van der Waals surface area contributed by atoms with Crippen molar-refractivity contribution in [2.75, 3.05) is 5.32 Å². The fraction of sp³-hybridized carbons (Fsp3) is 0.105. The number of hydrogen-bond acceptors (Lipinski definition) is 3. The standard InChI is InChI=1S/C19H19N5O2/c20-19(26)23-16-9-7-14(8-10-16)13-21-18(25)17(24-12-4-11-22-24)15-5-2-1-3-6-15/h1-12,17H,13H2,(H,21,25)(H3,20,23,26). The summed E-state index contributed by atoms with van der Waals surface area (Å²) in [7, 11) is 0. The largest absolute Gasteiger partial charge is 0.351 e. The fourth-order valence-corrected chi connectivity index (χ4v) is 2.63. The van der Waals surface area contributed by atoms with Gasteiger partial charge in [0, 0.05) is 24.6 Å². The minimum atomic E-state index is -0.615. The second-order valence-electron chi connectivity index (χ2n) is 5.70. The fourth-order valence-electron chi connectivity index (χ4n) is 2.63. The number of carbonyl (C=O) groups excluding carboxylic acids is 2. The smallest absolute Gasteiger partial charge is 0.316 e. The molecule has 0 bridgehead atoms. The molecule has 1 unspecified atom stereocenters. The van der Waals surface area contributed by atoms with Crippen LogP contribution in [0.3, 0.4) is 0 Å². The number of amides is 3. The summed E-state index contributed by atoms with van der Waals surface area (Å²) < 4.78 is 1.63. The number of rotatable bonds is 6. The zero-order chi connectivity index (χ0) is 18.4. The number of nitrogens with two attached hydrogens (primary N) is 1. The van der Waals surface area contributed by atoms with Gasteiger partial charge >= 0.3 is 6.03 Å². The maximum Gasteiger partial charge on any atom is 0.316 e. The Morgan fingerprint density at radius 2 is 1.77 bits per heavy atom. The molecule has 0 fully saturated rings. The van der Waals surface area contributed by atoms with E-state index in [9.17, 15) is 9.59 Å². The molecule has 26 heavy (non-hydrogen) atoms. The molecule has 3 rings (SSSR count). The first kappa shape index (κ1) is 17.2. The van der Waals surface area contributed by atoms with Gasteiger partial charge in [0.05, 0.1) is 0 Å². The lowest BCUT2D eigenvalue weighted by Gasteiger charge is -2.18. The van der Waals surface area contributed by atoms with Gasteiger partial charge in [-0.2, -0.15) is 5.10 Å². The van der Waals surface area contributed by atoms with Crippen molar-refractivity contribution in [1.29, 1.82) is 0 Å². The number of benzene rings is 2. The number of aromatic nitrogens is 2. The highest BCUT2D eigenvalue weighted by molar-refractivity contribution is 5.87. The Bertz CT molecular complexity index is 861. The number of hydrogen-bond donors (Lipinski definition) is 3. The van der Waals surface area contributed by atoms with Crippen molar-refractivity contribution >= 4 is 17.6 Å². The normalized spacial score (nSPS) is 11.5. The van der Waals surface area contributed by atoms with Crippen LogP contribution in [0.5, 0.6) is 0 Å². The average Bonchev–Trinajstić information content (AvgIpc) is 3.16. The maximum absolute atomic E-state index is 12.8. The number of primary amides is 1. The van der Waals surface area contributed by atoms with Crippen molar-refractivity contribution in [2.24, 2.45) is 5.73 Å². The van der Waals surface area contributed by atoms with Gasteiger partial charge in [0.2, 0.25) is 5.91 Å². The Balaban J connectivity index is 1.70. The first-order valence-electron chi connectivity index (χ1n) is 8.10. The van der Waals surface area contributed by atoms with Crippen LogP contribution < -0.4 is 16.4 Å². The van der Waals surface area contributed by atoms with Crippen molar-refractivity contribution in [3.63, 3.8) is 0 Å². The van der Waals surface area contributed by atoms with Gasteiger partial charge in [-0.3, -0.25) is 9.48 Å². The Morgan fingerprint density at radius 1 is 1.04 bits per heavy atom. The van der Waals surface area contributed by atoms with Gasteiger partial charge < -0.3 is 16.4 Å². The Labute approximate surface area is 150 Å². The number of urea groups is 1. The predicted octanol–water partition coefficient (Wildman–Crippen LogP) is 2.28. The van der Waals surface area contributed by atoms with Gasteiger partial charge in [0.25, 0.3) is 0 Å². The number of nitrogens with one attached hydrogen (secondary N) is 2. The Kier molecular flexibility index (Phi) is 5.28. The van der Waals surface area contributed by atoms with Crippen molar-refractivity contribution < 1.29 is 9.59 Å². The molecular formula is C19H19N5O2. The van der Waals surface area contributed by atoms with E-state index in [1.165, 1.54) is 0 Å². The monoisotopic (exact) mass is 349 g/mol. The third-order valence-electron chi connectivity index (χ3n) is 3.84. The predicted molar refractivity (Wildman–Crippen MR) is 98.3 cm³/mol. The molecule has 0 aliphatic rings. The van der Waals surface area contributed by atoms with Crippen LogP contribution in [0, 0.1) is 0 Å². The van der Waals surface area contributed by atoms with E-state index in [-0.39, 0.29) is 5.91 Å². The quantitative estimate of drug-likeness (QED) is 0.636. The summed E-state index contributed by atoms with van der Waals surface area (Å²) in [6.07, 6.45) is 3.41. The summed E-state index contributed by atoms with van der Waals surface area (Å²) in [6, 6.07) is 17.2. The minimum Gasteiger partial charge on any atom is -0.351 e. The molecule has 3 amide bonds. The van der Waals surface area contributed by atoms with Crippen LogP contribution >= 0.6 is 0 Å². The molecule has 0 aliphatic carbocycles. The first-order valence-corrected chi connectivity index (χ1v) is 8.10. The van der Waals surface area contributed by atoms with Crippen LogP contribution in [0.1, 0.15) is 17.2 Å². The van der Waals surface area contributed by atoms with E-state index in [4.69, 9.17) is 5.73 Å². The average molecular weight is 349 g/mol. The van der Waals surface area contributed by atoms with Gasteiger partial charge in [0.1, 0.15) is 0 Å². The zero-order valence-corrected chi connectivity index (χ0v) is 14.0. The van der Waals surface area contributed by atoms with Crippen molar-refractivity contribution in [3.05, 3.63) is 84.2 Å². The number of nitrogens with zero attached hydrogens (tertiary/aromatic N) is 2.